The van der Waals surface area contributed by atoms with Gasteiger partial charge in [-0.15, -0.1) is 0 Å². The minimum Gasteiger partial charge on any atom is -0.476 e. The van der Waals surface area contributed by atoms with Crippen molar-refractivity contribution in [3.8, 4) is 0 Å². The summed E-state index contributed by atoms with van der Waals surface area (Å²) in [7, 11) is 0. The van der Waals surface area contributed by atoms with Crippen molar-refractivity contribution in [2.75, 3.05) is 0 Å². The molecule has 1 aliphatic heterocycles. The standard InChI is InChI=1S/C12H15N3O4/c1-12(2,3)19-11(18)14-4-5-15-7-13-9(10(16)17)8(15)6-14/h4-5,7H,6H2,1-3H3,(H,16,17). The molecule has 2 heterocycles. The molecular formula is C12H15N3O4. The normalized spacial score (nSPS) is 14.2. The Morgan fingerprint density at radius 2 is 2.05 bits per heavy atom. The van der Waals surface area contributed by atoms with Crippen LogP contribution in [0.1, 0.15) is 37.0 Å². The van der Waals surface area contributed by atoms with Crippen molar-refractivity contribution >= 4 is 18.3 Å². The molecule has 0 spiro atoms. The van der Waals surface area contributed by atoms with Crippen LogP contribution in [-0.4, -0.2) is 37.2 Å². The zero-order valence-electron chi connectivity index (χ0n) is 11.0. The van der Waals surface area contributed by atoms with E-state index in [4.69, 9.17) is 9.84 Å². The number of nitrogens with zero attached hydrogens (tertiary/aromatic N) is 3. The number of carbonyl (C=O) groups excluding carboxylic acids is 1. The molecule has 1 aliphatic rings. The minimum atomic E-state index is -1.12. The first-order chi connectivity index (χ1) is 8.78. The van der Waals surface area contributed by atoms with E-state index in [1.54, 1.807) is 31.5 Å². The molecule has 0 saturated carbocycles. The Labute approximate surface area is 110 Å². The van der Waals surface area contributed by atoms with E-state index in [9.17, 15) is 9.59 Å². The third-order valence-electron chi connectivity index (χ3n) is 2.45. The molecule has 1 N–H and O–H groups in total. The van der Waals surface area contributed by atoms with Gasteiger partial charge in [0.15, 0.2) is 5.69 Å². The maximum absolute atomic E-state index is 11.9. The number of ether oxygens (including phenoxy) is 1. The highest BCUT2D eigenvalue weighted by atomic mass is 16.6. The van der Waals surface area contributed by atoms with E-state index in [-0.39, 0.29) is 12.2 Å². The zero-order valence-corrected chi connectivity index (χ0v) is 11.0. The van der Waals surface area contributed by atoms with E-state index in [2.05, 4.69) is 4.98 Å². The van der Waals surface area contributed by atoms with Crippen LogP contribution in [0.25, 0.3) is 6.20 Å². The molecule has 0 fully saturated rings. The molecule has 19 heavy (non-hydrogen) atoms. The molecule has 0 radical (unpaired) electrons. The average molecular weight is 265 g/mol. The third kappa shape index (κ3) is 2.75. The van der Waals surface area contributed by atoms with Gasteiger partial charge in [0.05, 0.1) is 12.2 Å². The Kier molecular flexibility index (Phi) is 3.05. The van der Waals surface area contributed by atoms with Gasteiger partial charge >= 0.3 is 12.1 Å². The minimum absolute atomic E-state index is 0.0575. The van der Waals surface area contributed by atoms with Crippen molar-refractivity contribution < 1.29 is 19.4 Å². The van der Waals surface area contributed by atoms with Gasteiger partial charge in [0.25, 0.3) is 0 Å². The smallest absolute Gasteiger partial charge is 0.414 e. The van der Waals surface area contributed by atoms with Crippen molar-refractivity contribution in [2.45, 2.75) is 32.9 Å². The maximum Gasteiger partial charge on any atom is 0.414 e. The molecule has 0 unspecified atom stereocenters. The summed E-state index contributed by atoms with van der Waals surface area (Å²) >= 11 is 0. The number of rotatable bonds is 1. The molecule has 0 atom stereocenters. The number of aromatic carboxylic acids is 1. The van der Waals surface area contributed by atoms with Gasteiger partial charge in [0.2, 0.25) is 0 Å². The highest BCUT2D eigenvalue weighted by molar-refractivity contribution is 5.87. The molecule has 7 heteroatoms. The van der Waals surface area contributed by atoms with E-state index < -0.39 is 17.7 Å². The van der Waals surface area contributed by atoms with Crippen molar-refractivity contribution in [1.29, 1.82) is 0 Å². The van der Waals surface area contributed by atoms with Gasteiger partial charge in [0.1, 0.15) is 11.9 Å². The number of imidazole rings is 1. The summed E-state index contributed by atoms with van der Waals surface area (Å²) in [4.78, 5) is 28.0. The summed E-state index contributed by atoms with van der Waals surface area (Å²) in [6.45, 7) is 5.43. The molecule has 2 rings (SSSR count). The number of hydrogen-bond donors (Lipinski definition) is 1. The number of aromatic nitrogens is 2. The largest absolute Gasteiger partial charge is 0.476 e. The van der Waals surface area contributed by atoms with Crippen molar-refractivity contribution in [3.05, 3.63) is 23.9 Å². The molecule has 1 amide bonds. The van der Waals surface area contributed by atoms with Gasteiger partial charge in [-0.1, -0.05) is 0 Å². The van der Waals surface area contributed by atoms with E-state index in [0.29, 0.717) is 5.69 Å². The van der Waals surface area contributed by atoms with Crippen LogP contribution in [0.5, 0.6) is 0 Å². The lowest BCUT2D eigenvalue weighted by atomic mass is 10.2. The number of carbonyl (C=O) groups is 2. The number of carboxylic acids is 1. The second kappa shape index (κ2) is 4.42. The maximum atomic E-state index is 11.9. The van der Waals surface area contributed by atoms with Crippen LogP contribution in [0.15, 0.2) is 12.5 Å². The third-order valence-corrected chi connectivity index (χ3v) is 2.45. The van der Waals surface area contributed by atoms with Crippen molar-refractivity contribution in [1.82, 2.24) is 14.5 Å². The van der Waals surface area contributed by atoms with Crippen LogP contribution < -0.4 is 0 Å². The quantitative estimate of drug-likeness (QED) is 0.836. The van der Waals surface area contributed by atoms with Gasteiger partial charge in [-0.2, -0.15) is 0 Å². The van der Waals surface area contributed by atoms with Crippen LogP contribution in [-0.2, 0) is 11.3 Å². The SMILES string of the molecule is CC(C)(C)OC(=O)N1C=Cn2cnc(C(=O)O)c2C1. The molecular weight excluding hydrogens is 250 g/mol. The first-order valence-electron chi connectivity index (χ1n) is 5.75. The second-order valence-electron chi connectivity index (χ2n) is 5.16. The Hall–Kier alpha value is -2.31. The van der Waals surface area contributed by atoms with E-state index in [0.717, 1.165) is 0 Å². The summed E-state index contributed by atoms with van der Waals surface area (Å²) in [5.41, 5.74) is -0.211. The molecule has 1 aromatic heterocycles. The summed E-state index contributed by atoms with van der Waals surface area (Å²) in [5, 5.41) is 9.01. The number of carboxylic acid groups (broad SMARTS) is 1. The Morgan fingerprint density at radius 3 is 2.63 bits per heavy atom. The fraction of sp³-hybridized carbons (Fsp3) is 0.417. The van der Waals surface area contributed by atoms with Gasteiger partial charge < -0.3 is 14.4 Å². The lowest BCUT2D eigenvalue weighted by Crippen LogP contribution is -2.35. The average Bonchev–Trinajstić information content (AvgIpc) is 2.68. The Bertz CT molecular complexity index is 554. The second-order valence-corrected chi connectivity index (χ2v) is 5.16. The van der Waals surface area contributed by atoms with Crippen LogP contribution in [0.2, 0.25) is 0 Å². The van der Waals surface area contributed by atoms with E-state index >= 15 is 0 Å². The van der Waals surface area contributed by atoms with Gasteiger partial charge in [-0.25, -0.2) is 14.6 Å². The van der Waals surface area contributed by atoms with Gasteiger partial charge in [-0.05, 0) is 20.8 Å². The molecule has 0 bridgehead atoms. The summed E-state index contributed by atoms with van der Waals surface area (Å²) in [6.07, 6.45) is 3.99. The molecule has 1 aromatic rings. The summed E-state index contributed by atoms with van der Waals surface area (Å²) in [6, 6.07) is 0. The fourth-order valence-electron chi connectivity index (χ4n) is 1.66. The fourth-order valence-corrected chi connectivity index (χ4v) is 1.66. The molecule has 102 valence electrons. The number of fused-ring (bicyclic) bond motifs is 1. The van der Waals surface area contributed by atoms with E-state index in [1.165, 1.54) is 17.4 Å². The summed E-state index contributed by atoms with van der Waals surface area (Å²) in [5.74, 6) is -1.12. The number of amides is 1. The highest BCUT2D eigenvalue weighted by Crippen LogP contribution is 2.19. The first-order valence-corrected chi connectivity index (χ1v) is 5.75. The molecule has 7 nitrogen and oxygen atoms in total. The Balaban J connectivity index is 2.20. The van der Waals surface area contributed by atoms with Crippen LogP contribution in [0.3, 0.4) is 0 Å². The summed E-state index contributed by atoms with van der Waals surface area (Å²) < 4.78 is 6.80. The predicted molar refractivity (Wildman–Crippen MR) is 66.3 cm³/mol. The zero-order chi connectivity index (χ0) is 14.2. The van der Waals surface area contributed by atoms with Gasteiger partial charge in [0, 0.05) is 12.4 Å². The molecule has 0 aliphatic carbocycles. The monoisotopic (exact) mass is 265 g/mol. The topological polar surface area (TPSA) is 84.7 Å². The van der Waals surface area contributed by atoms with Crippen LogP contribution in [0, 0.1) is 0 Å². The molecule has 0 aromatic carbocycles. The number of hydrogen-bond acceptors (Lipinski definition) is 4. The highest BCUT2D eigenvalue weighted by Gasteiger charge is 2.26. The lowest BCUT2D eigenvalue weighted by Gasteiger charge is -2.27. The Morgan fingerprint density at radius 1 is 1.37 bits per heavy atom. The van der Waals surface area contributed by atoms with Crippen LogP contribution in [0.4, 0.5) is 4.79 Å². The van der Waals surface area contributed by atoms with Crippen LogP contribution >= 0.6 is 0 Å². The first kappa shape index (κ1) is 13.1. The predicted octanol–water partition coefficient (Wildman–Crippen LogP) is 1.76. The van der Waals surface area contributed by atoms with Crippen molar-refractivity contribution in [2.24, 2.45) is 0 Å². The molecule has 0 saturated heterocycles. The lowest BCUT2D eigenvalue weighted by molar-refractivity contribution is 0.0315. The van der Waals surface area contributed by atoms with E-state index in [1.807, 2.05) is 0 Å². The van der Waals surface area contributed by atoms with Gasteiger partial charge in [-0.3, -0.25) is 4.90 Å². The van der Waals surface area contributed by atoms with Crippen molar-refractivity contribution in [3.63, 3.8) is 0 Å².